The van der Waals surface area contributed by atoms with Crippen molar-refractivity contribution >= 4 is 21.8 Å². The molecule has 1 heterocycles. The van der Waals surface area contributed by atoms with Crippen LogP contribution in [-0.4, -0.2) is 22.6 Å². The number of nitrogens with one attached hydrogen (secondary N) is 2. The van der Waals surface area contributed by atoms with Gasteiger partial charge in [-0.1, -0.05) is 13.3 Å². The number of amides is 1. The van der Waals surface area contributed by atoms with Crippen molar-refractivity contribution in [2.75, 3.05) is 6.61 Å². The van der Waals surface area contributed by atoms with Crippen LogP contribution >= 0.6 is 15.9 Å². The average Bonchev–Trinajstić information content (AvgIpc) is 3.04. The number of carbonyl (C=O) groups excluding carboxylic acids is 1. The number of rotatable bonds is 7. The van der Waals surface area contributed by atoms with Gasteiger partial charge in [-0.15, -0.1) is 0 Å². The molecule has 0 fully saturated rings. The average molecular weight is 381 g/mol. The Morgan fingerprint density at radius 3 is 2.83 bits per heavy atom. The van der Waals surface area contributed by atoms with Crippen LogP contribution in [0.15, 0.2) is 34.9 Å². The number of H-pyrrole nitrogens is 1. The molecule has 1 unspecified atom stereocenters. The van der Waals surface area contributed by atoms with Crippen LogP contribution in [0.5, 0.6) is 11.5 Å². The Kier molecular flexibility index (Phi) is 6.10. The summed E-state index contributed by atoms with van der Waals surface area (Å²) in [7, 11) is 0. The number of hydrogen-bond acceptors (Lipinski definition) is 3. The molecular weight excluding hydrogens is 360 g/mol. The molecule has 0 aliphatic rings. The van der Waals surface area contributed by atoms with Gasteiger partial charge in [0.15, 0.2) is 0 Å². The fourth-order valence-corrected chi connectivity index (χ4v) is 2.73. The Morgan fingerprint density at radius 1 is 1.43 bits per heavy atom. The van der Waals surface area contributed by atoms with Crippen molar-refractivity contribution in [3.05, 3.63) is 46.2 Å². The summed E-state index contributed by atoms with van der Waals surface area (Å²) in [6, 6.07) is 6.80. The van der Waals surface area contributed by atoms with E-state index >= 15 is 0 Å². The SMILES string of the molecule is CCCC(NC(=O)c1cc(Br)c(O)cc1OCC)c1ccc[nH]1. The van der Waals surface area contributed by atoms with Crippen molar-refractivity contribution < 1.29 is 14.6 Å². The molecule has 124 valence electrons. The zero-order chi connectivity index (χ0) is 16.8. The lowest BCUT2D eigenvalue weighted by Crippen LogP contribution is -2.29. The Bertz CT molecular complexity index is 656. The molecule has 0 saturated carbocycles. The van der Waals surface area contributed by atoms with E-state index in [2.05, 4.69) is 33.2 Å². The van der Waals surface area contributed by atoms with Gasteiger partial charge >= 0.3 is 0 Å². The maximum atomic E-state index is 12.7. The first-order valence-corrected chi connectivity index (χ1v) is 8.45. The van der Waals surface area contributed by atoms with E-state index in [-0.39, 0.29) is 17.7 Å². The summed E-state index contributed by atoms with van der Waals surface area (Å²) in [5, 5.41) is 12.8. The number of phenols is 1. The smallest absolute Gasteiger partial charge is 0.255 e. The predicted molar refractivity (Wildman–Crippen MR) is 92.9 cm³/mol. The van der Waals surface area contributed by atoms with Crippen LogP contribution in [-0.2, 0) is 0 Å². The van der Waals surface area contributed by atoms with Crippen molar-refractivity contribution in [3.63, 3.8) is 0 Å². The molecule has 6 heteroatoms. The molecule has 2 aromatic rings. The molecule has 0 aliphatic carbocycles. The topological polar surface area (TPSA) is 74.3 Å². The molecular formula is C17H21BrN2O3. The van der Waals surface area contributed by atoms with Gasteiger partial charge in [0.05, 0.1) is 22.7 Å². The molecule has 0 spiro atoms. The number of hydrogen-bond donors (Lipinski definition) is 3. The summed E-state index contributed by atoms with van der Waals surface area (Å²) in [5.41, 5.74) is 1.36. The van der Waals surface area contributed by atoms with E-state index in [9.17, 15) is 9.90 Å². The highest BCUT2D eigenvalue weighted by Crippen LogP contribution is 2.32. The van der Waals surface area contributed by atoms with Gasteiger partial charge in [0.1, 0.15) is 11.5 Å². The van der Waals surface area contributed by atoms with Gasteiger partial charge in [-0.25, -0.2) is 0 Å². The molecule has 1 aromatic carbocycles. The minimum absolute atomic E-state index is 0.0412. The molecule has 0 bridgehead atoms. The molecule has 1 aromatic heterocycles. The number of phenolic OH excluding ortho intramolecular Hbond substituents is 1. The van der Waals surface area contributed by atoms with Crippen LogP contribution in [0.4, 0.5) is 0 Å². The second-order valence-electron chi connectivity index (χ2n) is 5.17. The monoisotopic (exact) mass is 380 g/mol. The van der Waals surface area contributed by atoms with Gasteiger partial charge in [0.2, 0.25) is 0 Å². The number of ether oxygens (including phenoxy) is 1. The van der Waals surface area contributed by atoms with Gasteiger partial charge in [-0.3, -0.25) is 4.79 Å². The standard InChI is InChI=1S/C17H21BrN2O3/c1-3-6-14(13-7-5-8-19-13)20-17(22)11-9-12(18)15(21)10-16(11)23-4-2/h5,7-10,14,19,21H,3-4,6H2,1-2H3,(H,20,22). The molecule has 0 aliphatic heterocycles. The molecule has 2 rings (SSSR count). The zero-order valence-corrected chi connectivity index (χ0v) is 14.8. The van der Waals surface area contributed by atoms with Gasteiger partial charge in [-0.2, -0.15) is 0 Å². The summed E-state index contributed by atoms with van der Waals surface area (Å²) < 4.78 is 5.93. The van der Waals surface area contributed by atoms with Crippen LogP contribution < -0.4 is 10.1 Å². The maximum absolute atomic E-state index is 12.7. The second-order valence-corrected chi connectivity index (χ2v) is 6.03. The quantitative estimate of drug-likeness (QED) is 0.675. The van der Waals surface area contributed by atoms with E-state index in [1.54, 1.807) is 6.07 Å². The van der Waals surface area contributed by atoms with Crippen molar-refractivity contribution in [1.82, 2.24) is 10.3 Å². The van der Waals surface area contributed by atoms with E-state index < -0.39 is 0 Å². The van der Waals surface area contributed by atoms with Gasteiger partial charge in [0, 0.05) is 18.0 Å². The van der Waals surface area contributed by atoms with Crippen LogP contribution in [0.1, 0.15) is 48.8 Å². The van der Waals surface area contributed by atoms with Gasteiger partial charge in [0.25, 0.3) is 5.91 Å². The highest BCUT2D eigenvalue weighted by Gasteiger charge is 2.20. The Balaban J connectivity index is 2.26. The van der Waals surface area contributed by atoms with E-state index in [1.807, 2.05) is 25.3 Å². The minimum Gasteiger partial charge on any atom is -0.507 e. The van der Waals surface area contributed by atoms with Crippen molar-refractivity contribution in [3.8, 4) is 11.5 Å². The molecule has 0 radical (unpaired) electrons. The van der Waals surface area contributed by atoms with E-state index in [1.165, 1.54) is 6.07 Å². The Hall–Kier alpha value is -1.95. The summed E-state index contributed by atoms with van der Waals surface area (Å²) in [6.07, 6.45) is 3.62. The molecule has 1 amide bonds. The zero-order valence-electron chi connectivity index (χ0n) is 13.2. The molecule has 23 heavy (non-hydrogen) atoms. The molecule has 0 saturated heterocycles. The summed E-state index contributed by atoms with van der Waals surface area (Å²) in [5.74, 6) is 0.175. The fraction of sp³-hybridized carbons (Fsp3) is 0.353. The lowest BCUT2D eigenvalue weighted by molar-refractivity contribution is 0.0929. The first-order chi connectivity index (χ1) is 11.1. The van der Waals surface area contributed by atoms with Crippen LogP contribution in [0.25, 0.3) is 0 Å². The van der Waals surface area contributed by atoms with Gasteiger partial charge in [-0.05, 0) is 47.5 Å². The molecule has 1 atom stereocenters. The molecule has 5 nitrogen and oxygen atoms in total. The van der Waals surface area contributed by atoms with E-state index in [0.29, 0.717) is 22.4 Å². The van der Waals surface area contributed by atoms with Crippen molar-refractivity contribution in [1.29, 1.82) is 0 Å². The first-order valence-electron chi connectivity index (χ1n) is 7.66. The second kappa shape index (κ2) is 8.06. The number of benzene rings is 1. The summed E-state index contributed by atoms with van der Waals surface area (Å²) >= 11 is 3.24. The van der Waals surface area contributed by atoms with Crippen LogP contribution in [0.2, 0.25) is 0 Å². The summed E-state index contributed by atoms with van der Waals surface area (Å²) in [4.78, 5) is 15.8. The third-order valence-electron chi connectivity index (χ3n) is 3.47. The number of aromatic hydroxyl groups is 1. The lowest BCUT2D eigenvalue weighted by atomic mass is 10.1. The highest BCUT2D eigenvalue weighted by atomic mass is 79.9. The summed E-state index contributed by atoms with van der Waals surface area (Å²) in [6.45, 7) is 4.32. The third kappa shape index (κ3) is 4.28. The Morgan fingerprint density at radius 2 is 2.22 bits per heavy atom. The lowest BCUT2D eigenvalue weighted by Gasteiger charge is -2.19. The van der Waals surface area contributed by atoms with Crippen LogP contribution in [0, 0.1) is 0 Å². The maximum Gasteiger partial charge on any atom is 0.255 e. The number of aromatic nitrogens is 1. The third-order valence-corrected chi connectivity index (χ3v) is 4.11. The van der Waals surface area contributed by atoms with Crippen molar-refractivity contribution in [2.45, 2.75) is 32.7 Å². The van der Waals surface area contributed by atoms with E-state index in [0.717, 1.165) is 18.5 Å². The van der Waals surface area contributed by atoms with E-state index in [4.69, 9.17) is 4.74 Å². The number of halogens is 1. The largest absolute Gasteiger partial charge is 0.507 e. The first kappa shape index (κ1) is 17.4. The fourth-order valence-electron chi connectivity index (χ4n) is 2.39. The molecule has 3 N–H and O–H groups in total. The highest BCUT2D eigenvalue weighted by molar-refractivity contribution is 9.10. The van der Waals surface area contributed by atoms with Crippen LogP contribution in [0.3, 0.4) is 0 Å². The normalized spacial score (nSPS) is 12.0. The predicted octanol–water partition coefficient (Wildman–Crippen LogP) is 4.15. The number of aromatic amines is 1. The minimum atomic E-state index is -0.234. The van der Waals surface area contributed by atoms with Gasteiger partial charge < -0.3 is 20.1 Å². The number of carbonyl (C=O) groups is 1. The van der Waals surface area contributed by atoms with Crippen molar-refractivity contribution in [2.24, 2.45) is 0 Å². The Labute approximate surface area is 144 Å².